The van der Waals surface area contributed by atoms with Crippen molar-refractivity contribution >= 4 is 27.5 Å². The first kappa shape index (κ1) is 31.5. The van der Waals surface area contributed by atoms with E-state index in [0.29, 0.717) is 30.2 Å². The molecule has 2 amide bonds. The summed E-state index contributed by atoms with van der Waals surface area (Å²) in [4.78, 5) is 28.8. The van der Waals surface area contributed by atoms with Crippen molar-refractivity contribution in [3.8, 4) is 11.5 Å². The van der Waals surface area contributed by atoms with Crippen molar-refractivity contribution < 1.29 is 27.5 Å². The molecular weight excluding hydrogens is 542 g/mol. The molecule has 1 N–H and O–H groups in total. The number of nitrogens with one attached hydrogen (secondary N) is 1. The Balaban J connectivity index is 1.88. The van der Waals surface area contributed by atoms with Gasteiger partial charge in [-0.2, -0.15) is 0 Å². The van der Waals surface area contributed by atoms with Crippen LogP contribution in [0.2, 0.25) is 0 Å². The molecule has 0 bridgehead atoms. The molecule has 220 valence electrons. The number of benzene rings is 3. The molecule has 0 saturated heterocycles. The molecule has 0 aliphatic carbocycles. The van der Waals surface area contributed by atoms with E-state index in [-0.39, 0.29) is 37.7 Å². The molecule has 0 spiro atoms. The molecule has 1 unspecified atom stereocenters. The van der Waals surface area contributed by atoms with Gasteiger partial charge in [0.15, 0.2) is 0 Å². The molecule has 41 heavy (non-hydrogen) atoms. The molecular formula is C31H39N3O6S. The van der Waals surface area contributed by atoms with Gasteiger partial charge in [0.2, 0.25) is 21.8 Å². The highest BCUT2D eigenvalue weighted by atomic mass is 32.2. The van der Waals surface area contributed by atoms with E-state index in [0.717, 1.165) is 17.4 Å². The molecule has 0 saturated carbocycles. The number of anilines is 1. The highest BCUT2D eigenvalue weighted by Crippen LogP contribution is 2.24. The summed E-state index contributed by atoms with van der Waals surface area (Å²) in [6, 6.07) is 23.0. The number of sulfonamides is 1. The van der Waals surface area contributed by atoms with Gasteiger partial charge in [-0.05, 0) is 48.7 Å². The SMILES string of the molecule is CCNC(=O)C(Cc1ccccc1)N(Cc1cccc(OC)c1)C(=O)CCCN(c1cccc(OC)c1)S(C)(=O)=O. The lowest BCUT2D eigenvalue weighted by molar-refractivity contribution is -0.141. The third-order valence-corrected chi connectivity index (χ3v) is 7.80. The van der Waals surface area contributed by atoms with Crippen molar-refractivity contribution in [2.24, 2.45) is 0 Å². The monoisotopic (exact) mass is 581 g/mol. The zero-order valence-corrected chi connectivity index (χ0v) is 24.9. The van der Waals surface area contributed by atoms with Gasteiger partial charge < -0.3 is 19.7 Å². The van der Waals surface area contributed by atoms with E-state index in [1.165, 1.54) is 11.4 Å². The minimum atomic E-state index is -3.62. The highest BCUT2D eigenvalue weighted by molar-refractivity contribution is 7.92. The first-order valence-electron chi connectivity index (χ1n) is 13.5. The number of methoxy groups -OCH3 is 2. The Morgan fingerprint density at radius 2 is 1.51 bits per heavy atom. The molecule has 9 nitrogen and oxygen atoms in total. The van der Waals surface area contributed by atoms with Crippen molar-refractivity contribution in [1.82, 2.24) is 10.2 Å². The Morgan fingerprint density at radius 3 is 2.15 bits per heavy atom. The minimum Gasteiger partial charge on any atom is -0.497 e. The van der Waals surface area contributed by atoms with E-state index in [1.54, 1.807) is 36.3 Å². The van der Waals surface area contributed by atoms with Crippen LogP contribution in [-0.2, 0) is 32.6 Å². The second-order valence-corrected chi connectivity index (χ2v) is 11.5. The first-order chi connectivity index (χ1) is 19.7. The van der Waals surface area contributed by atoms with E-state index >= 15 is 0 Å². The van der Waals surface area contributed by atoms with Crippen LogP contribution in [0.15, 0.2) is 78.9 Å². The highest BCUT2D eigenvalue weighted by Gasteiger charge is 2.30. The first-order valence-corrected chi connectivity index (χ1v) is 15.4. The van der Waals surface area contributed by atoms with Crippen LogP contribution < -0.4 is 19.1 Å². The van der Waals surface area contributed by atoms with E-state index in [9.17, 15) is 18.0 Å². The maximum absolute atomic E-state index is 13.8. The Labute approximate surface area is 243 Å². The predicted octanol–water partition coefficient (Wildman–Crippen LogP) is 4.03. The number of amides is 2. The second-order valence-electron chi connectivity index (χ2n) is 9.61. The van der Waals surface area contributed by atoms with Crippen LogP contribution >= 0.6 is 0 Å². The summed E-state index contributed by atoms with van der Waals surface area (Å²) in [7, 11) is -0.532. The molecule has 0 fully saturated rings. The molecule has 0 aromatic heterocycles. The molecule has 0 aliphatic heterocycles. The Hall–Kier alpha value is -4.05. The fourth-order valence-electron chi connectivity index (χ4n) is 4.58. The summed E-state index contributed by atoms with van der Waals surface area (Å²) in [5, 5.41) is 2.88. The largest absolute Gasteiger partial charge is 0.497 e. The summed E-state index contributed by atoms with van der Waals surface area (Å²) in [6.07, 6.45) is 1.77. The standard InChI is InChI=1S/C31H39N3O6S/c1-5-32-31(36)29(21-24-12-7-6-8-13-24)33(23-25-14-9-16-27(20-25)39-2)30(35)18-11-19-34(41(4,37)38)26-15-10-17-28(22-26)40-3/h6-10,12-17,20,22,29H,5,11,18-19,21,23H2,1-4H3,(H,32,36). The van der Waals surface area contributed by atoms with Crippen molar-refractivity contribution in [3.63, 3.8) is 0 Å². The third-order valence-electron chi connectivity index (χ3n) is 6.60. The molecule has 0 radical (unpaired) electrons. The molecule has 0 heterocycles. The minimum absolute atomic E-state index is 0.0463. The summed E-state index contributed by atoms with van der Waals surface area (Å²) in [6.45, 7) is 2.55. The van der Waals surface area contributed by atoms with Crippen molar-refractivity contribution in [3.05, 3.63) is 90.0 Å². The van der Waals surface area contributed by atoms with Gasteiger partial charge in [0.1, 0.15) is 17.5 Å². The average Bonchev–Trinajstić information content (AvgIpc) is 2.97. The smallest absolute Gasteiger partial charge is 0.243 e. The number of rotatable bonds is 15. The number of nitrogens with zero attached hydrogens (tertiary/aromatic N) is 2. The number of ether oxygens (including phenoxy) is 2. The number of carbonyl (C=O) groups excluding carboxylic acids is 2. The van der Waals surface area contributed by atoms with Gasteiger partial charge in [-0.3, -0.25) is 13.9 Å². The van der Waals surface area contributed by atoms with Crippen LogP contribution in [0.3, 0.4) is 0 Å². The van der Waals surface area contributed by atoms with Gasteiger partial charge in [0, 0.05) is 38.5 Å². The summed E-state index contributed by atoms with van der Waals surface area (Å²) in [5.74, 6) is 0.679. The van der Waals surface area contributed by atoms with Gasteiger partial charge >= 0.3 is 0 Å². The van der Waals surface area contributed by atoms with Crippen LogP contribution in [0, 0.1) is 0 Å². The van der Waals surface area contributed by atoms with Crippen molar-refractivity contribution in [2.75, 3.05) is 37.9 Å². The predicted molar refractivity (Wildman–Crippen MR) is 161 cm³/mol. The fourth-order valence-corrected chi connectivity index (χ4v) is 5.54. The number of hydrogen-bond acceptors (Lipinski definition) is 6. The molecule has 3 aromatic carbocycles. The lowest BCUT2D eigenvalue weighted by atomic mass is 10.0. The van der Waals surface area contributed by atoms with Gasteiger partial charge in [0.25, 0.3) is 0 Å². The Kier molecular flexibility index (Phi) is 11.6. The maximum atomic E-state index is 13.8. The van der Waals surface area contributed by atoms with Gasteiger partial charge in [-0.25, -0.2) is 8.42 Å². The molecule has 3 aromatic rings. The molecule has 3 rings (SSSR count). The average molecular weight is 582 g/mol. The van der Waals surface area contributed by atoms with Gasteiger partial charge in [0.05, 0.1) is 26.2 Å². The zero-order chi connectivity index (χ0) is 29.8. The summed E-state index contributed by atoms with van der Waals surface area (Å²) in [5.41, 5.74) is 2.19. The quantitative estimate of drug-likeness (QED) is 0.291. The maximum Gasteiger partial charge on any atom is 0.243 e. The topological polar surface area (TPSA) is 105 Å². The van der Waals surface area contributed by atoms with Crippen molar-refractivity contribution in [1.29, 1.82) is 0 Å². The Bertz CT molecular complexity index is 1400. The number of hydrogen-bond donors (Lipinski definition) is 1. The third kappa shape index (κ3) is 9.24. The van der Waals surface area contributed by atoms with Crippen LogP contribution in [0.5, 0.6) is 11.5 Å². The molecule has 1 atom stereocenters. The van der Waals surface area contributed by atoms with Crippen LogP contribution in [-0.4, -0.2) is 64.7 Å². The fraction of sp³-hybridized carbons (Fsp3) is 0.355. The zero-order valence-electron chi connectivity index (χ0n) is 24.1. The van der Waals surface area contributed by atoms with Crippen LogP contribution in [0.25, 0.3) is 0 Å². The lowest BCUT2D eigenvalue weighted by Gasteiger charge is -2.32. The second kappa shape index (κ2) is 15.1. The van der Waals surface area contributed by atoms with Crippen molar-refractivity contribution in [2.45, 2.75) is 38.8 Å². The van der Waals surface area contributed by atoms with Gasteiger partial charge in [-0.15, -0.1) is 0 Å². The van der Waals surface area contributed by atoms with E-state index in [2.05, 4.69) is 5.32 Å². The van der Waals surface area contributed by atoms with Crippen LogP contribution in [0.4, 0.5) is 5.69 Å². The van der Waals surface area contributed by atoms with Crippen LogP contribution in [0.1, 0.15) is 30.9 Å². The normalized spacial score (nSPS) is 11.8. The number of carbonyl (C=O) groups is 2. The molecule has 10 heteroatoms. The van der Waals surface area contributed by atoms with E-state index < -0.39 is 16.1 Å². The van der Waals surface area contributed by atoms with E-state index in [4.69, 9.17) is 9.47 Å². The van der Waals surface area contributed by atoms with Gasteiger partial charge in [-0.1, -0.05) is 48.5 Å². The summed E-state index contributed by atoms with van der Waals surface area (Å²) < 4.78 is 37.2. The molecule has 0 aliphatic rings. The number of likely N-dealkylation sites (N-methyl/N-ethyl adjacent to an activating group) is 1. The van der Waals surface area contributed by atoms with E-state index in [1.807, 2.05) is 61.5 Å². The Morgan fingerprint density at radius 1 is 0.878 bits per heavy atom. The summed E-state index contributed by atoms with van der Waals surface area (Å²) >= 11 is 0. The lowest BCUT2D eigenvalue weighted by Crippen LogP contribution is -2.50.